The molecule has 8 nitrogen and oxygen atoms in total. The molecule has 0 saturated heterocycles. The number of nitrogens with one attached hydrogen (secondary N) is 1. The Morgan fingerprint density at radius 3 is 2.21 bits per heavy atom. The van der Waals surface area contributed by atoms with Crippen molar-refractivity contribution < 1.29 is 27.4 Å². The van der Waals surface area contributed by atoms with Crippen LogP contribution in [0.1, 0.15) is 13.8 Å². The lowest BCUT2D eigenvalue weighted by atomic mass is 10.3. The zero-order valence-electron chi connectivity index (χ0n) is 17.1. The number of carbonyl (C=O) groups is 1. The number of nitrogens with zero attached hydrogens (tertiary/aromatic N) is 1. The zero-order chi connectivity index (χ0) is 21.6. The van der Waals surface area contributed by atoms with Crippen LogP contribution < -0.4 is 19.5 Å². The Kier molecular flexibility index (Phi) is 7.46. The van der Waals surface area contributed by atoms with Crippen LogP contribution in [0.3, 0.4) is 0 Å². The second-order valence-electron chi connectivity index (χ2n) is 6.52. The van der Waals surface area contributed by atoms with Crippen molar-refractivity contribution in [3.05, 3.63) is 42.5 Å². The fourth-order valence-electron chi connectivity index (χ4n) is 2.53. The normalized spacial score (nSPS) is 11.4. The van der Waals surface area contributed by atoms with Gasteiger partial charge in [0.2, 0.25) is 15.9 Å². The summed E-state index contributed by atoms with van der Waals surface area (Å²) in [5, 5.41) is 2.67. The van der Waals surface area contributed by atoms with E-state index >= 15 is 0 Å². The van der Waals surface area contributed by atoms with Crippen LogP contribution in [0.25, 0.3) is 0 Å². The molecule has 29 heavy (non-hydrogen) atoms. The van der Waals surface area contributed by atoms with Gasteiger partial charge in [-0.05, 0) is 50.2 Å². The maximum atomic E-state index is 12.8. The summed E-state index contributed by atoms with van der Waals surface area (Å²) in [5.74, 6) is 0.923. The van der Waals surface area contributed by atoms with Crippen molar-refractivity contribution in [1.29, 1.82) is 0 Å². The Bertz CT molecular complexity index is 942. The molecular formula is C20H26N2O6S. The summed E-state index contributed by atoms with van der Waals surface area (Å²) in [5.41, 5.74) is 0.544. The molecule has 2 aromatic carbocycles. The molecule has 0 atom stereocenters. The van der Waals surface area contributed by atoms with E-state index in [4.69, 9.17) is 14.2 Å². The molecule has 9 heteroatoms. The third-order valence-electron chi connectivity index (χ3n) is 3.94. The predicted molar refractivity (Wildman–Crippen MR) is 110 cm³/mol. The molecule has 0 unspecified atom stereocenters. The fraction of sp³-hybridized carbons (Fsp3) is 0.350. The van der Waals surface area contributed by atoms with Crippen LogP contribution in [0.4, 0.5) is 5.69 Å². The maximum absolute atomic E-state index is 12.8. The van der Waals surface area contributed by atoms with E-state index in [-0.39, 0.29) is 23.3 Å². The highest BCUT2D eigenvalue weighted by Crippen LogP contribution is 2.30. The monoisotopic (exact) mass is 422 g/mol. The molecule has 158 valence electrons. The standard InChI is InChI=1S/C20H26N2O6S/c1-14(2)28-16-8-6-15(7-9-16)21-20(23)13-22(3)29(24,25)17-10-11-18(26-4)19(12-17)27-5/h6-12,14H,13H2,1-5H3,(H,21,23). The second kappa shape index (κ2) is 9.62. The van der Waals surface area contributed by atoms with Crippen molar-refractivity contribution in [1.82, 2.24) is 4.31 Å². The smallest absolute Gasteiger partial charge is 0.243 e. The molecule has 0 saturated carbocycles. The zero-order valence-corrected chi connectivity index (χ0v) is 17.9. The molecule has 1 amide bonds. The van der Waals surface area contributed by atoms with Gasteiger partial charge in [-0.3, -0.25) is 4.79 Å². The molecule has 0 heterocycles. The topological polar surface area (TPSA) is 94.2 Å². The third-order valence-corrected chi connectivity index (χ3v) is 5.74. The maximum Gasteiger partial charge on any atom is 0.243 e. The third kappa shape index (κ3) is 5.85. The number of ether oxygens (including phenoxy) is 3. The second-order valence-corrected chi connectivity index (χ2v) is 8.56. The number of anilines is 1. The Balaban J connectivity index is 2.06. The van der Waals surface area contributed by atoms with E-state index in [0.717, 1.165) is 4.31 Å². The van der Waals surface area contributed by atoms with E-state index in [1.165, 1.54) is 39.5 Å². The van der Waals surface area contributed by atoms with Crippen molar-refractivity contribution >= 4 is 21.6 Å². The molecule has 1 N–H and O–H groups in total. The molecule has 0 bridgehead atoms. The van der Waals surface area contributed by atoms with E-state index in [1.54, 1.807) is 24.3 Å². The van der Waals surface area contributed by atoms with Crippen LogP contribution in [0.5, 0.6) is 17.2 Å². The first kappa shape index (κ1) is 22.5. The number of methoxy groups -OCH3 is 2. The molecular weight excluding hydrogens is 396 g/mol. The fourth-order valence-corrected chi connectivity index (χ4v) is 3.68. The highest BCUT2D eigenvalue weighted by molar-refractivity contribution is 7.89. The summed E-state index contributed by atoms with van der Waals surface area (Å²) < 4.78 is 42.3. The minimum Gasteiger partial charge on any atom is -0.493 e. The van der Waals surface area contributed by atoms with Crippen molar-refractivity contribution in [2.24, 2.45) is 0 Å². The lowest BCUT2D eigenvalue weighted by molar-refractivity contribution is -0.116. The Hall–Kier alpha value is -2.78. The number of hydrogen-bond acceptors (Lipinski definition) is 6. The summed E-state index contributed by atoms with van der Waals surface area (Å²) in [6.07, 6.45) is 0.0471. The predicted octanol–water partition coefficient (Wildman–Crippen LogP) is 2.75. The highest BCUT2D eigenvalue weighted by Gasteiger charge is 2.24. The van der Waals surface area contributed by atoms with E-state index in [9.17, 15) is 13.2 Å². The highest BCUT2D eigenvalue weighted by atomic mass is 32.2. The van der Waals surface area contributed by atoms with Crippen molar-refractivity contribution in [3.8, 4) is 17.2 Å². The van der Waals surface area contributed by atoms with Crippen LogP contribution in [-0.2, 0) is 14.8 Å². The number of hydrogen-bond donors (Lipinski definition) is 1. The number of carbonyl (C=O) groups excluding carboxylic acids is 1. The SMILES string of the molecule is COc1ccc(S(=O)(=O)N(C)CC(=O)Nc2ccc(OC(C)C)cc2)cc1OC. The Morgan fingerprint density at radius 2 is 1.66 bits per heavy atom. The quantitative estimate of drug-likeness (QED) is 0.668. The van der Waals surface area contributed by atoms with Crippen molar-refractivity contribution in [2.45, 2.75) is 24.8 Å². The summed E-state index contributed by atoms with van der Waals surface area (Å²) in [6.45, 7) is 3.50. The van der Waals surface area contributed by atoms with Gasteiger partial charge in [0.05, 0.1) is 31.8 Å². The molecule has 0 aliphatic carbocycles. The Labute approximate surface area is 171 Å². The number of benzene rings is 2. The molecule has 2 aromatic rings. The molecule has 0 aliphatic rings. The first-order chi connectivity index (χ1) is 13.7. The van der Waals surface area contributed by atoms with Crippen LogP contribution in [0, 0.1) is 0 Å². The van der Waals surface area contributed by atoms with E-state index in [1.807, 2.05) is 13.8 Å². The van der Waals surface area contributed by atoms with Gasteiger partial charge >= 0.3 is 0 Å². The summed E-state index contributed by atoms with van der Waals surface area (Å²) in [4.78, 5) is 12.3. The molecule has 0 spiro atoms. The number of amides is 1. The van der Waals surface area contributed by atoms with Crippen LogP contribution in [-0.4, -0.2) is 52.5 Å². The van der Waals surface area contributed by atoms with Gasteiger partial charge in [-0.1, -0.05) is 0 Å². The van der Waals surface area contributed by atoms with Gasteiger partial charge in [-0.2, -0.15) is 4.31 Å². The minimum atomic E-state index is -3.89. The van der Waals surface area contributed by atoms with Gasteiger partial charge < -0.3 is 19.5 Å². The lowest BCUT2D eigenvalue weighted by Gasteiger charge is -2.18. The summed E-state index contributed by atoms with van der Waals surface area (Å²) in [6, 6.07) is 11.1. The van der Waals surface area contributed by atoms with E-state index in [2.05, 4.69) is 5.32 Å². The van der Waals surface area contributed by atoms with Gasteiger partial charge in [0.1, 0.15) is 5.75 Å². The number of rotatable bonds is 9. The van der Waals surface area contributed by atoms with Crippen molar-refractivity contribution in [3.63, 3.8) is 0 Å². The van der Waals surface area contributed by atoms with Gasteiger partial charge in [0.15, 0.2) is 11.5 Å². The van der Waals surface area contributed by atoms with Crippen LogP contribution >= 0.6 is 0 Å². The number of likely N-dealkylation sites (N-methyl/N-ethyl adjacent to an activating group) is 1. The van der Waals surface area contributed by atoms with Crippen LogP contribution in [0.2, 0.25) is 0 Å². The van der Waals surface area contributed by atoms with Gasteiger partial charge in [0.25, 0.3) is 0 Å². The molecule has 0 radical (unpaired) electrons. The molecule has 0 fully saturated rings. The average Bonchev–Trinajstić information content (AvgIpc) is 2.68. The summed E-state index contributed by atoms with van der Waals surface area (Å²) in [7, 11) is 0.333. The number of sulfonamides is 1. The lowest BCUT2D eigenvalue weighted by Crippen LogP contribution is -2.35. The van der Waals surface area contributed by atoms with E-state index < -0.39 is 15.9 Å². The minimum absolute atomic E-state index is 0.000590. The Morgan fingerprint density at radius 1 is 1.03 bits per heavy atom. The van der Waals surface area contributed by atoms with Gasteiger partial charge in [0, 0.05) is 18.8 Å². The van der Waals surface area contributed by atoms with Crippen molar-refractivity contribution in [2.75, 3.05) is 33.1 Å². The average molecular weight is 423 g/mol. The van der Waals surface area contributed by atoms with E-state index in [0.29, 0.717) is 17.2 Å². The van der Waals surface area contributed by atoms with Gasteiger partial charge in [-0.25, -0.2) is 8.42 Å². The first-order valence-corrected chi connectivity index (χ1v) is 10.4. The molecule has 2 rings (SSSR count). The van der Waals surface area contributed by atoms with Crippen LogP contribution in [0.15, 0.2) is 47.4 Å². The largest absolute Gasteiger partial charge is 0.493 e. The first-order valence-electron chi connectivity index (χ1n) is 8.92. The summed E-state index contributed by atoms with van der Waals surface area (Å²) >= 11 is 0. The molecule has 0 aromatic heterocycles. The van der Waals surface area contributed by atoms with Gasteiger partial charge in [-0.15, -0.1) is 0 Å². The molecule has 0 aliphatic heterocycles.